The maximum Gasteiger partial charge on any atom is 0.0820 e. The summed E-state index contributed by atoms with van der Waals surface area (Å²) in [5.74, 6) is 0. The molecule has 0 aliphatic rings. The molecule has 3 nitrogen and oxygen atoms in total. The molecule has 1 unspecified atom stereocenters. The normalized spacial score (nSPS) is 13.7. The molecule has 1 rings (SSSR count). The molecule has 0 spiro atoms. The average Bonchev–Trinajstić information content (AvgIpc) is 2.28. The van der Waals surface area contributed by atoms with Gasteiger partial charge in [0.05, 0.1) is 11.6 Å². The van der Waals surface area contributed by atoms with E-state index in [1.807, 2.05) is 0 Å². The van der Waals surface area contributed by atoms with Gasteiger partial charge in [-0.1, -0.05) is 12.1 Å². The average molecular weight is 250 g/mol. The summed E-state index contributed by atoms with van der Waals surface area (Å²) in [5, 5.41) is 3.50. The van der Waals surface area contributed by atoms with Gasteiger partial charge in [0, 0.05) is 19.3 Å². The number of benzene rings is 1. The molecule has 1 N–H and O–H groups in total. The Labute approximate surface area is 111 Å². The van der Waals surface area contributed by atoms with Gasteiger partial charge >= 0.3 is 0 Å². The number of rotatable bonds is 6. The van der Waals surface area contributed by atoms with Gasteiger partial charge in [-0.3, -0.25) is 0 Å². The molecular formula is C15H26N2O. The molecule has 0 bridgehead atoms. The van der Waals surface area contributed by atoms with E-state index in [9.17, 15) is 0 Å². The van der Waals surface area contributed by atoms with Crippen molar-refractivity contribution >= 4 is 5.69 Å². The van der Waals surface area contributed by atoms with Gasteiger partial charge in [-0.15, -0.1) is 0 Å². The van der Waals surface area contributed by atoms with Crippen LogP contribution in [0.3, 0.4) is 0 Å². The number of ether oxygens (including phenoxy) is 1. The molecule has 3 heteroatoms. The fourth-order valence-electron chi connectivity index (χ4n) is 1.73. The van der Waals surface area contributed by atoms with E-state index in [1.165, 1.54) is 5.56 Å². The predicted octanol–water partition coefficient (Wildman–Crippen LogP) is 2.97. The summed E-state index contributed by atoms with van der Waals surface area (Å²) in [6.45, 7) is 7.28. The standard InChI is InChI=1S/C15H26N2O/c1-12(15(2,3)18-6)16-14-9-7-8-13(10-14)11-17(4)5/h7-10,12,16H,11H2,1-6H3. The third-order valence-corrected chi connectivity index (χ3v) is 3.38. The second-order valence-corrected chi connectivity index (χ2v) is 5.61. The second-order valence-electron chi connectivity index (χ2n) is 5.61. The molecule has 1 atom stereocenters. The van der Waals surface area contributed by atoms with E-state index in [0.29, 0.717) is 0 Å². The van der Waals surface area contributed by atoms with E-state index < -0.39 is 0 Å². The summed E-state index contributed by atoms with van der Waals surface area (Å²) in [7, 11) is 5.91. The second kappa shape index (κ2) is 6.21. The quantitative estimate of drug-likeness (QED) is 0.840. The van der Waals surface area contributed by atoms with E-state index in [1.54, 1.807) is 7.11 Å². The van der Waals surface area contributed by atoms with E-state index in [-0.39, 0.29) is 11.6 Å². The minimum atomic E-state index is -0.183. The smallest absolute Gasteiger partial charge is 0.0820 e. The van der Waals surface area contributed by atoms with Crippen LogP contribution in [0, 0.1) is 0 Å². The molecule has 0 saturated carbocycles. The lowest BCUT2D eigenvalue weighted by Gasteiger charge is -2.31. The van der Waals surface area contributed by atoms with Crippen LogP contribution in [0.25, 0.3) is 0 Å². The first-order valence-electron chi connectivity index (χ1n) is 6.40. The minimum Gasteiger partial charge on any atom is -0.380 e. The van der Waals surface area contributed by atoms with Crippen molar-refractivity contribution in [1.82, 2.24) is 4.90 Å². The highest BCUT2D eigenvalue weighted by atomic mass is 16.5. The molecule has 18 heavy (non-hydrogen) atoms. The van der Waals surface area contributed by atoms with Crippen LogP contribution in [0.2, 0.25) is 0 Å². The van der Waals surface area contributed by atoms with Crippen LogP contribution >= 0.6 is 0 Å². The summed E-state index contributed by atoms with van der Waals surface area (Å²) >= 11 is 0. The van der Waals surface area contributed by atoms with Crippen LogP contribution < -0.4 is 5.32 Å². The monoisotopic (exact) mass is 250 g/mol. The fourth-order valence-corrected chi connectivity index (χ4v) is 1.73. The van der Waals surface area contributed by atoms with Crippen molar-refractivity contribution in [3.63, 3.8) is 0 Å². The molecule has 0 heterocycles. The summed E-state index contributed by atoms with van der Waals surface area (Å²) in [4.78, 5) is 2.17. The van der Waals surface area contributed by atoms with Crippen molar-refractivity contribution in [1.29, 1.82) is 0 Å². The fraction of sp³-hybridized carbons (Fsp3) is 0.600. The first kappa shape index (κ1) is 15.0. The van der Waals surface area contributed by atoms with E-state index in [2.05, 4.69) is 69.3 Å². The first-order chi connectivity index (χ1) is 8.35. The van der Waals surface area contributed by atoms with E-state index in [4.69, 9.17) is 4.74 Å². The van der Waals surface area contributed by atoms with Gasteiger partial charge in [0.2, 0.25) is 0 Å². The third kappa shape index (κ3) is 4.31. The first-order valence-corrected chi connectivity index (χ1v) is 6.40. The van der Waals surface area contributed by atoms with Crippen LogP contribution in [0.5, 0.6) is 0 Å². The van der Waals surface area contributed by atoms with Crippen LogP contribution in [0.1, 0.15) is 26.3 Å². The van der Waals surface area contributed by atoms with Gasteiger partial charge in [0.1, 0.15) is 0 Å². The Morgan fingerprint density at radius 1 is 1.33 bits per heavy atom. The maximum absolute atomic E-state index is 5.50. The molecule has 0 aliphatic carbocycles. The van der Waals surface area contributed by atoms with Gasteiger partial charge in [0.15, 0.2) is 0 Å². The van der Waals surface area contributed by atoms with Crippen molar-refractivity contribution in [2.24, 2.45) is 0 Å². The zero-order valence-electron chi connectivity index (χ0n) is 12.4. The Bertz CT molecular complexity index is 375. The zero-order valence-corrected chi connectivity index (χ0v) is 12.4. The Kier molecular flexibility index (Phi) is 5.17. The van der Waals surface area contributed by atoms with Crippen LogP contribution in [0.4, 0.5) is 5.69 Å². The molecule has 1 aromatic rings. The Morgan fingerprint density at radius 2 is 2.00 bits per heavy atom. The van der Waals surface area contributed by atoms with Gasteiger partial charge in [-0.05, 0) is 52.6 Å². The Hall–Kier alpha value is -1.06. The Balaban J connectivity index is 2.73. The largest absolute Gasteiger partial charge is 0.380 e. The summed E-state index contributed by atoms with van der Waals surface area (Å²) in [6, 6.07) is 8.78. The molecule has 102 valence electrons. The van der Waals surface area contributed by atoms with Gasteiger partial charge < -0.3 is 15.0 Å². The molecule has 0 aliphatic heterocycles. The number of anilines is 1. The molecule has 0 aromatic heterocycles. The van der Waals surface area contributed by atoms with Gasteiger partial charge in [-0.2, -0.15) is 0 Å². The minimum absolute atomic E-state index is 0.183. The van der Waals surface area contributed by atoms with Crippen molar-refractivity contribution < 1.29 is 4.74 Å². The van der Waals surface area contributed by atoms with Crippen molar-refractivity contribution in [3.8, 4) is 0 Å². The molecule has 0 amide bonds. The highest BCUT2D eigenvalue weighted by Crippen LogP contribution is 2.19. The third-order valence-electron chi connectivity index (χ3n) is 3.38. The van der Waals surface area contributed by atoms with Crippen molar-refractivity contribution in [2.75, 3.05) is 26.5 Å². The Morgan fingerprint density at radius 3 is 2.56 bits per heavy atom. The number of methoxy groups -OCH3 is 1. The van der Waals surface area contributed by atoms with Crippen molar-refractivity contribution in [3.05, 3.63) is 29.8 Å². The van der Waals surface area contributed by atoms with Crippen molar-refractivity contribution in [2.45, 2.75) is 39.0 Å². The zero-order chi connectivity index (χ0) is 13.8. The lowest BCUT2D eigenvalue weighted by molar-refractivity contribution is 0.0107. The lowest BCUT2D eigenvalue weighted by atomic mass is 10.00. The number of nitrogens with one attached hydrogen (secondary N) is 1. The van der Waals surface area contributed by atoms with Crippen LogP contribution in [0.15, 0.2) is 24.3 Å². The van der Waals surface area contributed by atoms with E-state index in [0.717, 1.165) is 12.2 Å². The molecule has 1 aromatic carbocycles. The number of nitrogens with zero attached hydrogens (tertiary/aromatic N) is 1. The maximum atomic E-state index is 5.50. The molecule has 0 saturated heterocycles. The van der Waals surface area contributed by atoms with Crippen LogP contribution in [-0.4, -0.2) is 37.7 Å². The number of hydrogen-bond acceptors (Lipinski definition) is 3. The van der Waals surface area contributed by atoms with Gasteiger partial charge in [-0.25, -0.2) is 0 Å². The molecule has 0 fully saturated rings. The summed E-state index contributed by atoms with van der Waals surface area (Å²) in [6.07, 6.45) is 0. The predicted molar refractivity (Wildman–Crippen MR) is 78.0 cm³/mol. The summed E-state index contributed by atoms with van der Waals surface area (Å²) in [5.41, 5.74) is 2.27. The van der Waals surface area contributed by atoms with Crippen LogP contribution in [-0.2, 0) is 11.3 Å². The highest BCUT2D eigenvalue weighted by molar-refractivity contribution is 5.46. The SMILES string of the molecule is COC(C)(C)C(C)Nc1cccc(CN(C)C)c1. The van der Waals surface area contributed by atoms with Gasteiger partial charge in [0.25, 0.3) is 0 Å². The highest BCUT2D eigenvalue weighted by Gasteiger charge is 2.24. The number of hydrogen-bond donors (Lipinski definition) is 1. The molecule has 0 radical (unpaired) electrons. The molecular weight excluding hydrogens is 224 g/mol. The topological polar surface area (TPSA) is 24.5 Å². The summed E-state index contributed by atoms with van der Waals surface area (Å²) < 4.78 is 5.50. The van der Waals surface area contributed by atoms with E-state index >= 15 is 0 Å². The lowest BCUT2D eigenvalue weighted by Crippen LogP contribution is -2.41.